The molecule has 1 aliphatic carbocycles. The third-order valence-corrected chi connectivity index (χ3v) is 4.27. The van der Waals surface area contributed by atoms with E-state index in [2.05, 4.69) is 15.6 Å². The number of pyridine rings is 1. The minimum Gasteiger partial charge on any atom is -0.396 e. The Morgan fingerprint density at radius 3 is 2.86 bits per heavy atom. The highest BCUT2D eigenvalue weighted by molar-refractivity contribution is 5.69. The lowest BCUT2D eigenvalue weighted by Gasteiger charge is -2.33. The molecule has 1 aromatic heterocycles. The fourth-order valence-corrected chi connectivity index (χ4v) is 3.03. The van der Waals surface area contributed by atoms with E-state index in [0.717, 1.165) is 44.4 Å². The Balaban J connectivity index is 1.70. The van der Waals surface area contributed by atoms with Crippen LogP contribution in [0.4, 0.5) is 17.2 Å². The smallest absolute Gasteiger partial charge is 0.136 e. The number of nitrogens with zero attached hydrogens (tertiary/aromatic N) is 1. The first-order valence-corrected chi connectivity index (χ1v) is 7.75. The van der Waals surface area contributed by atoms with Crippen LogP contribution in [-0.2, 0) is 4.74 Å². The lowest BCUT2D eigenvalue weighted by molar-refractivity contribution is 0.0313. The first kappa shape index (κ1) is 14.4. The van der Waals surface area contributed by atoms with E-state index in [0.29, 0.717) is 24.2 Å². The molecule has 0 spiro atoms. The maximum Gasteiger partial charge on any atom is 0.136 e. The van der Waals surface area contributed by atoms with Crippen molar-refractivity contribution in [3.05, 3.63) is 12.3 Å². The predicted molar refractivity (Wildman–Crippen MR) is 83.2 cm³/mol. The normalized spacial score (nSPS) is 24.7. The van der Waals surface area contributed by atoms with Crippen LogP contribution >= 0.6 is 0 Å². The average molecular weight is 292 g/mol. The van der Waals surface area contributed by atoms with Gasteiger partial charge in [-0.25, -0.2) is 4.98 Å². The molecule has 1 saturated carbocycles. The van der Waals surface area contributed by atoms with Crippen LogP contribution in [0.5, 0.6) is 0 Å². The van der Waals surface area contributed by atoms with Crippen LogP contribution in [0, 0.1) is 0 Å². The quantitative estimate of drug-likeness (QED) is 0.634. The van der Waals surface area contributed by atoms with Crippen molar-refractivity contribution in [3.63, 3.8) is 0 Å². The van der Waals surface area contributed by atoms with Gasteiger partial charge >= 0.3 is 0 Å². The van der Waals surface area contributed by atoms with E-state index < -0.39 is 5.72 Å². The van der Waals surface area contributed by atoms with Gasteiger partial charge in [0.1, 0.15) is 11.5 Å². The summed E-state index contributed by atoms with van der Waals surface area (Å²) in [5, 5.41) is 17.1. The third-order valence-electron chi connectivity index (χ3n) is 4.27. The molecule has 2 heterocycles. The third kappa shape index (κ3) is 3.57. The topological polar surface area (TPSA) is 92.4 Å². The molecule has 0 aromatic carbocycles. The van der Waals surface area contributed by atoms with Crippen molar-refractivity contribution >= 4 is 17.2 Å². The van der Waals surface area contributed by atoms with Gasteiger partial charge < -0.3 is 26.2 Å². The van der Waals surface area contributed by atoms with Crippen molar-refractivity contribution in [2.45, 2.75) is 50.3 Å². The number of aliphatic hydroxyl groups is 1. The van der Waals surface area contributed by atoms with E-state index >= 15 is 0 Å². The summed E-state index contributed by atoms with van der Waals surface area (Å²) in [7, 11) is 0. The lowest BCUT2D eigenvalue weighted by atomic mass is 9.92. The van der Waals surface area contributed by atoms with Gasteiger partial charge in [0.15, 0.2) is 0 Å². The minimum atomic E-state index is -0.838. The second kappa shape index (κ2) is 6.07. The second-order valence-electron chi connectivity index (χ2n) is 6.08. The van der Waals surface area contributed by atoms with Crippen molar-refractivity contribution in [1.82, 2.24) is 4.98 Å². The van der Waals surface area contributed by atoms with Crippen molar-refractivity contribution in [3.8, 4) is 0 Å². The van der Waals surface area contributed by atoms with Crippen molar-refractivity contribution in [1.29, 1.82) is 0 Å². The number of hydrogen-bond acceptors (Lipinski definition) is 6. The van der Waals surface area contributed by atoms with Gasteiger partial charge in [0.05, 0.1) is 30.2 Å². The molecule has 0 unspecified atom stereocenters. The summed E-state index contributed by atoms with van der Waals surface area (Å²) in [6.45, 7) is 1.49. The van der Waals surface area contributed by atoms with E-state index in [1.165, 1.54) is 6.42 Å². The monoisotopic (exact) mass is 292 g/mol. The van der Waals surface area contributed by atoms with Gasteiger partial charge in [-0.3, -0.25) is 0 Å². The van der Waals surface area contributed by atoms with E-state index in [-0.39, 0.29) is 0 Å². The molecule has 2 aliphatic rings. The Morgan fingerprint density at radius 2 is 2.14 bits per heavy atom. The summed E-state index contributed by atoms with van der Waals surface area (Å²) >= 11 is 0. The molecule has 0 radical (unpaired) electrons. The molecule has 1 aliphatic heterocycles. The standard InChI is InChI=1S/C15H24N4O2/c16-12-9-17-14(19-15(20)5-2-1-3-6-15)8-13(12)18-11-4-7-21-10-11/h8-9,11,20H,1-7,10,16H2,(H2,17,18,19)/t11-/m0/s1. The molecule has 3 rings (SSSR count). The second-order valence-corrected chi connectivity index (χ2v) is 6.08. The van der Waals surface area contributed by atoms with E-state index in [1.54, 1.807) is 6.20 Å². The SMILES string of the molecule is Nc1cnc(NC2(O)CCCCC2)cc1N[C@H]1CCOC1. The Kier molecular flexibility index (Phi) is 4.17. The van der Waals surface area contributed by atoms with Gasteiger partial charge in [-0.1, -0.05) is 6.42 Å². The lowest BCUT2D eigenvalue weighted by Crippen LogP contribution is -2.40. The summed E-state index contributed by atoms with van der Waals surface area (Å²) in [5.41, 5.74) is 6.60. The van der Waals surface area contributed by atoms with Crippen LogP contribution in [-0.4, -0.2) is 35.1 Å². The van der Waals surface area contributed by atoms with Crippen LogP contribution in [0.15, 0.2) is 12.3 Å². The molecule has 1 atom stereocenters. The summed E-state index contributed by atoms with van der Waals surface area (Å²) in [6, 6.07) is 2.17. The molecule has 0 bridgehead atoms. The first-order valence-electron chi connectivity index (χ1n) is 7.75. The maximum absolute atomic E-state index is 10.5. The average Bonchev–Trinajstić information content (AvgIpc) is 2.96. The van der Waals surface area contributed by atoms with Crippen molar-refractivity contribution < 1.29 is 9.84 Å². The number of aromatic nitrogens is 1. The highest BCUT2D eigenvalue weighted by Gasteiger charge is 2.29. The molecule has 6 heteroatoms. The number of nitrogen functional groups attached to an aromatic ring is 1. The van der Waals surface area contributed by atoms with Crippen LogP contribution in [0.25, 0.3) is 0 Å². The van der Waals surface area contributed by atoms with E-state index in [9.17, 15) is 5.11 Å². The van der Waals surface area contributed by atoms with Crippen molar-refractivity contribution in [2.75, 3.05) is 29.6 Å². The fraction of sp³-hybridized carbons (Fsp3) is 0.667. The van der Waals surface area contributed by atoms with E-state index in [4.69, 9.17) is 10.5 Å². The van der Waals surface area contributed by atoms with Gasteiger partial charge in [-0.05, 0) is 32.1 Å². The molecule has 116 valence electrons. The van der Waals surface area contributed by atoms with Crippen LogP contribution in [0.3, 0.4) is 0 Å². The Bertz CT molecular complexity index is 483. The zero-order chi connectivity index (χ0) is 14.7. The molecule has 21 heavy (non-hydrogen) atoms. The van der Waals surface area contributed by atoms with Gasteiger partial charge in [0.25, 0.3) is 0 Å². The van der Waals surface area contributed by atoms with Crippen LogP contribution < -0.4 is 16.4 Å². The fourth-order valence-electron chi connectivity index (χ4n) is 3.03. The van der Waals surface area contributed by atoms with Gasteiger partial charge in [-0.2, -0.15) is 0 Å². The largest absolute Gasteiger partial charge is 0.396 e. The first-order chi connectivity index (χ1) is 10.1. The zero-order valence-corrected chi connectivity index (χ0v) is 12.3. The van der Waals surface area contributed by atoms with Gasteiger partial charge in [0.2, 0.25) is 0 Å². The Morgan fingerprint density at radius 1 is 1.33 bits per heavy atom. The number of ether oxygens (including phenoxy) is 1. The summed E-state index contributed by atoms with van der Waals surface area (Å²) in [5.74, 6) is 0.662. The summed E-state index contributed by atoms with van der Waals surface area (Å²) in [4.78, 5) is 4.29. The molecule has 1 saturated heterocycles. The molecular weight excluding hydrogens is 268 g/mol. The van der Waals surface area contributed by atoms with Gasteiger partial charge in [-0.15, -0.1) is 0 Å². The zero-order valence-electron chi connectivity index (χ0n) is 12.3. The summed E-state index contributed by atoms with van der Waals surface area (Å²) < 4.78 is 5.36. The molecule has 6 nitrogen and oxygen atoms in total. The molecule has 1 aromatic rings. The molecular formula is C15H24N4O2. The number of nitrogens with two attached hydrogens (primary N) is 1. The highest BCUT2D eigenvalue weighted by Crippen LogP contribution is 2.30. The van der Waals surface area contributed by atoms with Crippen LogP contribution in [0.2, 0.25) is 0 Å². The maximum atomic E-state index is 10.5. The van der Waals surface area contributed by atoms with Crippen molar-refractivity contribution in [2.24, 2.45) is 0 Å². The Hall–Kier alpha value is -1.53. The predicted octanol–water partition coefficient (Wildman–Crippen LogP) is 1.93. The molecule has 2 fully saturated rings. The van der Waals surface area contributed by atoms with Crippen LogP contribution in [0.1, 0.15) is 38.5 Å². The number of nitrogens with one attached hydrogen (secondary N) is 2. The number of anilines is 3. The number of hydrogen-bond donors (Lipinski definition) is 4. The molecule has 0 amide bonds. The molecule has 5 N–H and O–H groups in total. The summed E-state index contributed by atoms with van der Waals surface area (Å²) in [6.07, 6.45) is 7.41. The van der Waals surface area contributed by atoms with E-state index in [1.807, 2.05) is 6.07 Å². The van der Waals surface area contributed by atoms with Gasteiger partial charge in [0, 0.05) is 12.7 Å². The Labute approximate surface area is 125 Å². The highest BCUT2D eigenvalue weighted by atomic mass is 16.5. The number of rotatable bonds is 4. The minimum absolute atomic E-state index is 0.292.